The number of sulfonamides is 1. The van der Waals surface area contributed by atoms with Crippen molar-refractivity contribution in [2.24, 2.45) is 5.10 Å². The second-order valence-electron chi connectivity index (χ2n) is 5.41. The Labute approximate surface area is 153 Å². The lowest BCUT2D eigenvalue weighted by atomic mass is 10.2. The SMILES string of the molecule is CCN(CC)S(=O)(=O)c1cccc(C(=O)N/N=C/c2cccc(O)c2)c1. The van der Waals surface area contributed by atoms with Crippen molar-refractivity contribution < 1.29 is 18.3 Å². The predicted octanol–water partition coefficient (Wildman–Crippen LogP) is 2.19. The normalized spacial score (nSPS) is 11.8. The summed E-state index contributed by atoms with van der Waals surface area (Å²) in [7, 11) is -3.64. The van der Waals surface area contributed by atoms with Crippen LogP contribution in [0.4, 0.5) is 0 Å². The smallest absolute Gasteiger partial charge is 0.271 e. The van der Waals surface area contributed by atoms with Crippen LogP contribution >= 0.6 is 0 Å². The summed E-state index contributed by atoms with van der Waals surface area (Å²) < 4.78 is 26.4. The number of nitrogens with one attached hydrogen (secondary N) is 1. The average Bonchev–Trinajstić information content (AvgIpc) is 2.62. The van der Waals surface area contributed by atoms with Gasteiger partial charge in [0, 0.05) is 18.7 Å². The first-order valence-corrected chi connectivity index (χ1v) is 9.55. The molecule has 0 unspecified atom stereocenters. The number of rotatable bonds is 7. The standard InChI is InChI=1S/C18H21N3O4S/c1-3-21(4-2)26(24,25)17-10-6-8-15(12-17)18(23)20-19-13-14-7-5-9-16(22)11-14/h5-13,22H,3-4H2,1-2H3,(H,20,23)/b19-13+. The molecule has 2 rings (SSSR count). The first-order valence-electron chi connectivity index (χ1n) is 8.11. The monoisotopic (exact) mass is 375 g/mol. The highest BCUT2D eigenvalue weighted by Crippen LogP contribution is 2.17. The number of phenols is 1. The van der Waals surface area contributed by atoms with Gasteiger partial charge in [-0.15, -0.1) is 0 Å². The largest absolute Gasteiger partial charge is 0.508 e. The number of nitrogens with zero attached hydrogens (tertiary/aromatic N) is 2. The lowest BCUT2D eigenvalue weighted by molar-refractivity contribution is 0.0955. The van der Waals surface area contributed by atoms with Gasteiger partial charge >= 0.3 is 0 Å². The van der Waals surface area contributed by atoms with Crippen LogP contribution in [0.25, 0.3) is 0 Å². The van der Waals surface area contributed by atoms with Crippen LogP contribution in [0.5, 0.6) is 5.75 Å². The molecule has 2 aromatic rings. The highest BCUT2D eigenvalue weighted by molar-refractivity contribution is 7.89. The molecule has 0 aliphatic rings. The van der Waals surface area contributed by atoms with E-state index in [2.05, 4.69) is 10.5 Å². The van der Waals surface area contributed by atoms with Crippen molar-refractivity contribution in [3.8, 4) is 5.75 Å². The van der Waals surface area contributed by atoms with Crippen LogP contribution in [0.15, 0.2) is 58.5 Å². The summed E-state index contributed by atoms with van der Waals surface area (Å²) in [5.74, 6) is -0.437. The van der Waals surface area contributed by atoms with Crippen LogP contribution in [-0.2, 0) is 10.0 Å². The van der Waals surface area contributed by atoms with Gasteiger partial charge < -0.3 is 5.11 Å². The van der Waals surface area contributed by atoms with Gasteiger partial charge in [0.1, 0.15) is 5.75 Å². The molecule has 0 bridgehead atoms. The number of phenolic OH excluding ortho intramolecular Hbond substituents is 1. The molecule has 0 spiro atoms. The Bertz CT molecular complexity index is 906. The number of amides is 1. The van der Waals surface area contributed by atoms with Gasteiger partial charge in [0.15, 0.2) is 0 Å². The summed E-state index contributed by atoms with van der Waals surface area (Å²) in [4.78, 5) is 12.3. The van der Waals surface area contributed by atoms with Crippen molar-refractivity contribution in [2.45, 2.75) is 18.7 Å². The summed E-state index contributed by atoms with van der Waals surface area (Å²) in [6.45, 7) is 4.22. The Morgan fingerprint density at radius 1 is 1.15 bits per heavy atom. The Kier molecular flexibility index (Phi) is 6.48. The van der Waals surface area contributed by atoms with Crippen molar-refractivity contribution in [3.05, 3.63) is 59.7 Å². The number of benzene rings is 2. The molecule has 0 fully saturated rings. The fourth-order valence-electron chi connectivity index (χ4n) is 2.35. The fourth-order valence-corrected chi connectivity index (χ4v) is 3.85. The van der Waals surface area contributed by atoms with Crippen LogP contribution < -0.4 is 5.43 Å². The molecule has 0 aliphatic heterocycles. The van der Waals surface area contributed by atoms with E-state index in [4.69, 9.17) is 0 Å². The van der Waals surface area contributed by atoms with Crippen molar-refractivity contribution in [2.75, 3.05) is 13.1 Å². The molecule has 138 valence electrons. The summed E-state index contributed by atoms with van der Waals surface area (Å²) in [6, 6.07) is 12.2. The Hall–Kier alpha value is -2.71. The highest BCUT2D eigenvalue weighted by atomic mass is 32.2. The zero-order valence-corrected chi connectivity index (χ0v) is 15.4. The van der Waals surface area contributed by atoms with E-state index in [-0.39, 0.29) is 16.2 Å². The number of hydrogen-bond acceptors (Lipinski definition) is 5. The number of hydrazone groups is 1. The quantitative estimate of drug-likeness (QED) is 0.572. The maximum Gasteiger partial charge on any atom is 0.271 e. The van der Waals surface area contributed by atoms with Crippen molar-refractivity contribution >= 4 is 22.1 Å². The molecule has 0 atom stereocenters. The van der Waals surface area contributed by atoms with E-state index < -0.39 is 15.9 Å². The molecule has 8 heteroatoms. The van der Waals surface area contributed by atoms with E-state index in [1.54, 1.807) is 26.0 Å². The maximum absolute atomic E-state index is 12.5. The second kappa shape index (κ2) is 8.59. The van der Waals surface area contributed by atoms with Crippen molar-refractivity contribution in [1.82, 2.24) is 9.73 Å². The lowest BCUT2D eigenvalue weighted by Gasteiger charge is -2.18. The van der Waals surface area contributed by atoms with Gasteiger partial charge in [-0.25, -0.2) is 13.8 Å². The number of carbonyl (C=O) groups excluding carboxylic acids is 1. The molecule has 2 N–H and O–H groups in total. The molecule has 26 heavy (non-hydrogen) atoms. The van der Waals surface area contributed by atoms with Crippen molar-refractivity contribution in [3.63, 3.8) is 0 Å². The van der Waals surface area contributed by atoms with Gasteiger partial charge in [-0.3, -0.25) is 4.79 Å². The fraction of sp³-hybridized carbons (Fsp3) is 0.222. The minimum absolute atomic E-state index is 0.0609. The third kappa shape index (κ3) is 4.68. The lowest BCUT2D eigenvalue weighted by Crippen LogP contribution is -2.30. The van der Waals surface area contributed by atoms with E-state index in [0.29, 0.717) is 18.7 Å². The van der Waals surface area contributed by atoms with Gasteiger partial charge in [-0.1, -0.05) is 32.0 Å². The van der Waals surface area contributed by atoms with Gasteiger partial charge in [0.25, 0.3) is 5.91 Å². The highest BCUT2D eigenvalue weighted by Gasteiger charge is 2.22. The first kappa shape index (κ1) is 19.6. The molecule has 1 amide bonds. The van der Waals surface area contributed by atoms with E-state index in [0.717, 1.165) is 0 Å². The van der Waals surface area contributed by atoms with E-state index in [9.17, 15) is 18.3 Å². The minimum Gasteiger partial charge on any atom is -0.508 e. The Morgan fingerprint density at radius 2 is 1.85 bits per heavy atom. The van der Waals surface area contributed by atoms with E-state index in [1.807, 2.05) is 0 Å². The van der Waals surface area contributed by atoms with Crippen LogP contribution in [0.1, 0.15) is 29.8 Å². The third-order valence-corrected chi connectivity index (χ3v) is 5.74. The number of carbonyl (C=O) groups is 1. The summed E-state index contributed by atoms with van der Waals surface area (Å²) in [5, 5.41) is 13.2. The predicted molar refractivity (Wildman–Crippen MR) is 99.7 cm³/mol. The Morgan fingerprint density at radius 3 is 2.50 bits per heavy atom. The summed E-state index contributed by atoms with van der Waals surface area (Å²) in [6.07, 6.45) is 1.38. The van der Waals surface area contributed by atoms with Gasteiger partial charge in [0.05, 0.1) is 11.1 Å². The molecule has 0 aromatic heterocycles. The van der Waals surface area contributed by atoms with Gasteiger partial charge in [-0.05, 0) is 35.9 Å². The molecule has 0 saturated carbocycles. The third-order valence-electron chi connectivity index (χ3n) is 3.69. The molecule has 0 aliphatic carbocycles. The maximum atomic E-state index is 12.5. The van der Waals surface area contributed by atoms with E-state index in [1.165, 1.54) is 46.9 Å². The average molecular weight is 375 g/mol. The van der Waals surface area contributed by atoms with Crippen molar-refractivity contribution in [1.29, 1.82) is 0 Å². The van der Waals surface area contributed by atoms with Gasteiger partial charge in [0.2, 0.25) is 10.0 Å². The topological polar surface area (TPSA) is 99.1 Å². The zero-order chi connectivity index (χ0) is 19.2. The molecule has 2 aromatic carbocycles. The van der Waals surface area contributed by atoms with Crippen LogP contribution in [0, 0.1) is 0 Å². The van der Waals surface area contributed by atoms with Crippen LogP contribution in [-0.4, -0.2) is 43.0 Å². The van der Waals surface area contributed by atoms with Gasteiger partial charge in [-0.2, -0.15) is 9.41 Å². The summed E-state index contributed by atoms with van der Waals surface area (Å²) in [5.41, 5.74) is 3.14. The molecule has 7 nitrogen and oxygen atoms in total. The molecular weight excluding hydrogens is 354 g/mol. The number of hydrogen-bond donors (Lipinski definition) is 2. The molecule has 0 saturated heterocycles. The second-order valence-corrected chi connectivity index (χ2v) is 7.35. The zero-order valence-electron chi connectivity index (χ0n) is 14.6. The first-order chi connectivity index (χ1) is 12.4. The minimum atomic E-state index is -3.64. The van der Waals surface area contributed by atoms with Crippen LogP contribution in [0.2, 0.25) is 0 Å². The van der Waals surface area contributed by atoms with Crippen LogP contribution in [0.3, 0.4) is 0 Å². The molecule has 0 radical (unpaired) electrons. The Balaban J connectivity index is 2.15. The molecular formula is C18H21N3O4S. The molecule has 0 heterocycles. The number of aromatic hydroxyl groups is 1. The van der Waals surface area contributed by atoms with E-state index >= 15 is 0 Å². The summed E-state index contributed by atoms with van der Waals surface area (Å²) >= 11 is 0.